The van der Waals surface area contributed by atoms with Crippen LogP contribution in [0.4, 0.5) is 0 Å². The molecule has 0 saturated carbocycles. The van der Waals surface area contributed by atoms with E-state index in [1.807, 2.05) is 25.2 Å². The summed E-state index contributed by atoms with van der Waals surface area (Å²) in [7, 11) is 6.10. The zero-order valence-corrected chi connectivity index (χ0v) is 19.3. The predicted molar refractivity (Wildman–Crippen MR) is 123 cm³/mol. The summed E-state index contributed by atoms with van der Waals surface area (Å²) in [4.78, 5) is 11.5. The molecule has 0 aliphatic carbocycles. The summed E-state index contributed by atoms with van der Waals surface area (Å²) in [5, 5.41) is 4.25. The van der Waals surface area contributed by atoms with Crippen molar-refractivity contribution < 1.29 is 0 Å². The standard InChI is InChI=1S/C19H32ClN5.HI/c1-21-19(24(3)16-17-7-4-8-18(20)15-17)22-9-5-11-25-12-6-10-23(2)13-14-25;/h4,7-8,15H,5-6,9-14,16H2,1-3H3,(H,21,22);1H. The molecule has 1 aromatic rings. The van der Waals surface area contributed by atoms with Gasteiger partial charge in [-0.25, -0.2) is 0 Å². The molecule has 1 N–H and O–H groups in total. The number of nitrogens with one attached hydrogen (secondary N) is 1. The molecule has 0 spiro atoms. The van der Waals surface area contributed by atoms with Gasteiger partial charge in [0.05, 0.1) is 0 Å². The lowest BCUT2D eigenvalue weighted by atomic mass is 10.2. The summed E-state index contributed by atoms with van der Waals surface area (Å²) < 4.78 is 0. The quantitative estimate of drug-likeness (QED) is 0.286. The minimum absolute atomic E-state index is 0. The minimum Gasteiger partial charge on any atom is -0.356 e. The second kappa shape index (κ2) is 12.8. The maximum Gasteiger partial charge on any atom is 0.193 e. The summed E-state index contributed by atoms with van der Waals surface area (Å²) in [6, 6.07) is 7.98. The largest absolute Gasteiger partial charge is 0.356 e. The summed E-state index contributed by atoms with van der Waals surface area (Å²) in [6.07, 6.45) is 2.40. The molecular weight excluding hydrogens is 461 g/mol. The molecule has 1 heterocycles. The maximum atomic E-state index is 6.07. The van der Waals surface area contributed by atoms with Crippen molar-refractivity contribution in [3.05, 3.63) is 34.9 Å². The topological polar surface area (TPSA) is 34.1 Å². The number of likely N-dealkylation sites (N-methyl/N-ethyl adjacent to an activating group) is 1. The minimum atomic E-state index is 0. The Kier molecular flexibility index (Phi) is 11.5. The van der Waals surface area contributed by atoms with Crippen molar-refractivity contribution in [1.82, 2.24) is 20.0 Å². The van der Waals surface area contributed by atoms with Gasteiger partial charge in [0.25, 0.3) is 0 Å². The van der Waals surface area contributed by atoms with Crippen LogP contribution in [0.3, 0.4) is 0 Å². The van der Waals surface area contributed by atoms with E-state index >= 15 is 0 Å². The van der Waals surface area contributed by atoms with Crippen molar-refractivity contribution in [2.75, 3.05) is 60.4 Å². The number of rotatable bonds is 6. The van der Waals surface area contributed by atoms with Gasteiger partial charge in [-0.2, -0.15) is 0 Å². The van der Waals surface area contributed by atoms with E-state index in [4.69, 9.17) is 11.6 Å². The molecule has 0 radical (unpaired) electrons. The van der Waals surface area contributed by atoms with E-state index in [0.29, 0.717) is 0 Å². The molecule has 0 amide bonds. The highest BCUT2D eigenvalue weighted by molar-refractivity contribution is 14.0. The highest BCUT2D eigenvalue weighted by atomic mass is 127. The van der Waals surface area contributed by atoms with Gasteiger partial charge >= 0.3 is 0 Å². The molecule has 1 fully saturated rings. The highest BCUT2D eigenvalue weighted by Gasteiger charge is 2.12. The third-order valence-electron chi connectivity index (χ3n) is 4.63. The van der Waals surface area contributed by atoms with Crippen LogP contribution in [0.5, 0.6) is 0 Å². The van der Waals surface area contributed by atoms with Crippen molar-refractivity contribution in [2.45, 2.75) is 19.4 Å². The summed E-state index contributed by atoms with van der Waals surface area (Å²) in [5.41, 5.74) is 1.19. The van der Waals surface area contributed by atoms with E-state index in [0.717, 1.165) is 37.0 Å². The summed E-state index contributed by atoms with van der Waals surface area (Å²) >= 11 is 6.07. The van der Waals surface area contributed by atoms with Crippen molar-refractivity contribution in [3.8, 4) is 0 Å². The third kappa shape index (κ3) is 8.41. The molecule has 1 aliphatic rings. The summed E-state index contributed by atoms with van der Waals surface area (Å²) in [6.45, 7) is 7.67. The van der Waals surface area contributed by atoms with E-state index in [9.17, 15) is 0 Å². The Balaban J connectivity index is 0.00000338. The maximum absolute atomic E-state index is 6.07. The van der Waals surface area contributed by atoms with Gasteiger partial charge in [-0.05, 0) is 57.2 Å². The first-order valence-electron chi connectivity index (χ1n) is 9.15. The Hall–Kier alpha value is -0.570. The normalized spacial score (nSPS) is 16.7. The molecule has 0 atom stereocenters. The lowest BCUT2D eigenvalue weighted by molar-refractivity contribution is 0.273. The van der Waals surface area contributed by atoms with Crippen LogP contribution in [0.2, 0.25) is 5.02 Å². The van der Waals surface area contributed by atoms with Gasteiger partial charge in [-0.3, -0.25) is 4.99 Å². The molecule has 1 saturated heterocycles. The first kappa shape index (κ1) is 23.5. The van der Waals surface area contributed by atoms with Gasteiger partial charge in [-0.1, -0.05) is 23.7 Å². The molecule has 1 aliphatic heterocycles. The number of guanidine groups is 1. The van der Waals surface area contributed by atoms with Crippen LogP contribution in [0.25, 0.3) is 0 Å². The van der Waals surface area contributed by atoms with Crippen molar-refractivity contribution in [1.29, 1.82) is 0 Å². The molecule has 7 heteroatoms. The number of halogens is 2. The Morgan fingerprint density at radius 3 is 2.81 bits per heavy atom. The van der Waals surface area contributed by atoms with Crippen LogP contribution >= 0.6 is 35.6 Å². The van der Waals surface area contributed by atoms with Gasteiger partial charge in [0.2, 0.25) is 0 Å². The first-order valence-corrected chi connectivity index (χ1v) is 9.53. The Morgan fingerprint density at radius 2 is 2.08 bits per heavy atom. The van der Waals surface area contributed by atoms with Crippen LogP contribution in [-0.2, 0) is 6.54 Å². The van der Waals surface area contributed by atoms with Gasteiger partial charge in [-0.15, -0.1) is 24.0 Å². The predicted octanol–water partition coefficient (Wildman–Crippen LogP) is 2.99. The number of hydrogen-bond donors (Lipinski definition) is 1. The lowest BCUT2D eigenvalue weighted by Crippen LogP contribution is -2.40. The van der Waals surface area contributed by atoms with Crippen LogP contribution in [-0.4, -0.2) is 81.1 Å². The average Bonchev–Trinajstić information content (AvgIpc) is 2.79. The van der Waals surface area contributed by atoms with Crippen LogP contribution < -0.4 is 5.32 Å². The van der Waals surface area contributed by atoms with Crippen molar-refractivity contribution >= 4 is 41.5 Å². The van der Waals surface area contributed by atoms with E-state index in [1.165, 1.54) is 38.2 Å². The van der Waals surface area contributed by atoms with Crippen molar-refractivity contribution in [3.63, 3.8) is 0 Å². The molecule has 0 aromatic heterocycles. The molecule has 148 valence electrons. The number of nitrogens with zero attached hydrogens (tertiary/aromatic N) is 4. The van der Waals surface area contributed by atoms with Gasteiger partial charge in [0.15, 0.2) is 5.96 Å². The van der Waals surface area contributed by atoms with Crippen molar-refractivity contribution in [2.24, 2.45) is 4.99 Å². The zero-order chi connectivity index (χ0) is 18.1. The molecule has 5 nitrogen and oxygen atoms in total. The highest BCUT2D eigenvalue weighted by Crippen LogP contribution is 2.12. The first-order chi connectivity index (χ1) is 12.1. The lowest BCUT2D eigenvalue weighted by Gasteiger charge is -2.23. The molecule has 1 aromatic carbocycles. The fourth-order valence-electron chi connectivity index (χ4n) is 3.20. The summed E-state index contributed by atoms with van der Waals surface area (Å²) in [5.74, 6) is 0.926. The van der Waals surface area contributed by atoms with E-state index in [2.05, 4.69) is 45.2 Å². The Morgan fingerprint density at radius 1 is 1.27 bits per heavy atom. The zero-order valence-electron chi connectivity index (χ0n) is 16.2. The smallest absolute Gasteiger partial charge is 0.193 e. The molecule has 0 bridgehead atoms. The van der Waals surface area contributed by atoms with Crippen LogP contribution in [0.15, 0.2) is 29.3 Å². The molecule has 26 heavy (non-hydrogen) atoms. The molecule has 0 unspecified atom stereocenters. The fraction of sp³-hybridized carbons (Fsp3) is 0.632. The van der Waals surface area contributed by atoms with Crippen LogP contribution in [0.1, 0.15) is 18.4 Å². The molecule has 2 rings (SSSR count). The number of hydrogen-bond acceptors (Lipinski definition) is 3. The Labute approximate surface area is 180 Å². The Bertz CT molecular complexity index is 554. The fourth-order valence-corrected chi connectivity index (χ4v) is 3.41. The van der Waals surface area contributed by atoms with E-state index in [1.54, 1.807) is 0 Å². The van der Waals surface area contributed by atoms with Gasteiger partial charge < -0.3 is 20.0 Å². The average molecular weight is 494 g/mol. The van der Waals surface area contributed by atoms with E-state index in [-0.39, 0.29) is 24.0 Å². The monoisotopic (exact) mass is 493 g/mol. The second-order valence-electron chi connectivity index (χ2n) is 6.81. The van der Waals surface area contributed by atoms with Gasteiger partial charge in [0, 0.05) is 45.3 Å². The number of benzene rings is 1. The SMILES string of the molecule is CN=C(NCCCN1CCCN(C)CC1)N(C)Cc1cccc(Cl)c1.I. The number of aliphatic imine (C=N–C) groups is 1. The van der Waals surface area contributed by atoms with Gasteiger partial charge in [0.1, 0.15) is 0 Å². The third-order valence-corrected chi connectivity index (χ3v) is 4.86. The second-order valence-corrected chi connectivity index (χ2v) is 7.25. The van der Waals surface area contributed by atoms with E-state index < -0.39 is 0 Å². The van der Waals surface area contributed by atoms with Crippen LogP contribution in [0, 0.1) is 0 Å². The molecular formula is C19H33ClIN5.